The molecule has 1 fully saturated rings. The van der Waals surface area contributed by atoms with Gasteiger partial charge in [-0.2, -0.15) is 26.3 Å². The van der Waals surface area contributed by atoms with Crippen molar-refractivity contribution in [1.29, 1.82) is 0 Å². The quantitative estimate of drug-likeness (QED) is 0.793. The van der Waals surface area contributed by atoms with E-state index >= 15 is 0 Å². The van der Waals surface area contributed by atoms with Gasteiger partial charge in [-0.25, -0.2) is 8.78 Å². The normalized spacial score (nSPS) is 36.1. The van der Waals surface area contributed by atoms with Gasteiger partial charge in [0.05, 0.1) is 0 Å². The Morgan fingerprint density at radius 1 is 1.10 bits per heavy atom. The van der Waals surface area contributed by atoms with E-state index in [-0.39, 0.29) is 0 Å². The average molecular weight is 315 g/mol. The molecule has 20 heavy (non-hydrogen) atoms. The van der Waals surface area contributed by atoms with E-state index in [0.717, 1.165) is 13.8 Å². The molecule has 0 amide bonds. The van der Waals surface area contributed by atoms with Crippen molar-refractivity contribution in [3.05, 3.63) is 0 Å². The molecule has 0 spiro atoms. The fourth-order valence-electron chi connectivity index (χ4n) is 2.24. The van der Waals surface area contributed by atoms with E-state index in [1.165, 1.54) is 0 Å². The van der Waals surface area contributed by atoms with Crippen LogP contribution >= 0.6 is 0 Å². The predicted octanol–water partition coefficient (Wildman–Crippen LogP) is 3.40. The summed E-state index contributed by atoms with van der Waals surface area (Å²) in [4.78, 5) is 0. The lowest BCUT2D eigenvalue weighted by molar-refractivity contribution is -0.395. The molecule has 0 aromatic carbocycles. The van der Waals surface area contributed by atoms with Gasteiger partial charge in [-0.15, -0.1) is 0 Å². The lowest BCUT2D eigenvalue weighted by Gasteiger charge is -2.34. The summed E-state index contributed by atoms with van der Waals surface area (Å²) in [7, 11) is 0. The number of rotatable bonds is 2. The average Bonchev–Trinajstić information content (AvgIpc) is 2.50. The molecule has 0 bridgehead atoms. The highest BCUT2D eigenvalue weighted by Crippen LogP contribution is 2.62. The molecule has 0 aliphatic carbocycles. The topological polar surface area (TPSA) is 35.2 Å². The summed E-state index contributed by atoms with van der Waals surface area (Å²) in [6.45, 7) is 1.66. The zero-order chi connectivity index (χ0) is 16.2. The van der Waals surface area contributed by atoms with Gasteiger partial charge >= 0.3 is 12.4 Å². The van der Waals surface area contributed by atoms with Crippen LogP contribution in [0.2, 0.25) is 0 Å². The summed E-state index contributed by atoms with van der Waals surface area (Å²) in [5.74, 6) is -3.77. The van der Waals surface area contributed by atoms with E-state index in [1.807, 2.05) is 0 Å². The fraction of sp³-hybridized carbons (Fsp3) is 1.00. The van der Waals surface area contributed by atoms with Crippen molar-refractivity contribution >= 4 is 0 Å². The summed E-state index contributed by atoms with van der Waals surface area (Å²) in [5, 5.41) is 0. The largest absolute Gasteiger partial charge is 0.426 e. The molecule has 1 rings (SSSR count). The van der Waals surface area contributed by atoms with Crippen molar-refractivity contribution in [3.8, 4) is 0 Å². The van der Waals surface area contributed by atoms with Crippen molar-refractivity contribution in [3.63, 3.8) is 0 Å². The molecule has 1 saturated heterocycles. The summed E-state index contributed by atoms with van der Waals surface area (Å²) < 4.78 is 109. The standard InChI is InChI=1S/C10H13F8NO/c1-3-8(12)6(11,5(2)19)4-7(20-8,9(13,14)15)10(16,17)18/h5H,3-4,19H2,1-2H3. The minimum atomic E-state index is -6.03. The summed E-state index contributed by atoms with van der Waals surface area (Å²) in [5.41, 5.74) is -3.45. The molecule has 0 saturated carbocycles. The molecule has 2 N–H and O–H groups in total. The minimum absolute atomic E-state index is 0.788. The van der Waals surface area contributed by atoms with Gasteiger partial charge < -0.3 is 10.5 Å². The number of hydrogen-bond donors (Lipinski definition) is 1. The van der Waals surface area contributed by atoms with Crippen LogP contribution in [0.4, 0.5) is 35.1 Å². The van der Waals surface area contributed by atoms with Gasteiger partial charge in [0.2, 0.25) is 5.85 Å². The third kappa shape index (κ3) is 2.07. The minimum Gasteiger partial charge on any atom is -0.325 e. The maximum atomic E-state index is 14.4. The van der Waals surface area contributed by atoms with Gasteiger partial charge in [0.1, 0.15) is 0 Å². The van der Waals surface area contributed by atoms with Gasteiger partial charge in [-0.3, -0.25) is 0 Å². The van der Waals surface area contributed by atoms with E-state index in [1.54, 1.807) is 0 Å². The Morgan fingerprint density at radius 2 is 1.50 bits per heavy atom. The number of halogens is 8. The smallest absolute Gasteiger partial charge is 0.325 e. The van der Waals surface area contributed by atoms with Crippen molar-refractivity contribution < 1.29 is 39.9 Å². The second kappa shape index (κ2) is 4.43. The Balaban J connectivity index is 3.49. The first-order valence-corrected chi connectivity index (χ1v) is 5.64. The van der Waals surface area contributed by atoms with Gasteiger partial charge in [0.15, 0.2) is 5.67 Å². The summed E-state index contributed by atoms with van der Waals surface area (Å²) in [6, 6.07) is -1.92. The second-order valence-electron chi connectivity index (χ2n) is 4.83. The van der Waals surface area contributed by atoms with E-state index < -0.39 is 48.4 Å². The Kier molecular flexibility index (Phi) is 3.85. The van der Waals surface area contributed by atoms with Crippen LogP contribution in [0.1, 0.15) is 26.7 Å². The van der Waals surface area contributed by atoms with Crippen LogP contribution in [0, 0.1) is 0 Å². The highest BCUT2D eigenvalue weighted by atomic mass is 19.4. The Morgan fingerprint density at radius 3 is 1.70 bits per heavy atom. The maximum Gasteiger partial charge on any atom is 0.426 e. The molecule has 0 aromatic heterocycles. The number of ether oxygens (including phenoxy) is 1. The Bertz CT molecular complexity index is 364. The molecule has 0 aromatic rings. The van der Waals surface area contributed by atoms with Crippen LogP contribution in [0.15, 0.2) is 0 Å². The Hall–Kier alpha value is -0.640. The highest BCUT2D eigenvalue weighted by molar-refractivity contribution is 5.16. The zero-order valence-electron chi connectivity index (χ0n) is 10.5. The van der Waals surface area contributed by atoms with Crippen LogP contribution in [-0.4, -0.2) is 35.5 Å². The number of nitrogens with two attached hydrogens (primary N) is 1. The van der Waals surface area contributed by atoms with Crippen LogP contribution in [0.3, 0.4) is 0 Å². The molecular weight excluding hydrogens is 302 g/mol. The number of alkyl halides is 8. The molecule has 1 aliphatic rings. The number of hydrogen-bond acceptors (Lipinski definition) is 2. The molecule has 0 radical (unpaired) electrons. The van der Waals surface area contributed by atoms with E-state index in [2.05, 4.69) is 4.74 Å². The van der Waals surface area contributed by atoms with Crippen molar-refractivity contribution in [1.82, 2.24) is 0 Å². The first-order valence-electron chi connectivity index (χ1n) is 5.64. The van der Waals surface area contributed by atoms with Gasteiger partial charge in [0.25, 0.3) is 5.60 Å². The fourth-order valence-corrected chi connectivity index (χ4v) is 2.24. The van der Waals surface area contributed by atoms with Crippen molar-refractivity contribution in [2.75, 3.05) is 0 Å². The lowest BCUT2D eigenvalue weighted by Crippen LogP contribution is -2.57. The molecule has 3 atom stereocenters. The molecule has 1 heterocycles. The van der Waals surface area contributed by atoms with E-state index in [9.17, 15) is 35.1 Å². The third-order valence-electron chi connectivity index (χ3n) is 3.56. The Labute approximate surface area is 109 Å². The first kappa shape index (κ1) is 17.4. The van der Waals surface area contributed by atoms with Crippen LogP contribution < -0.4 is 5.73 Å². The van der Waals surface area contributed by atoms with Crippen LogP contribution in [0.25, 0.3) is 0 Å². The molecule has 1 aliphatic heterocycles. The van der Waals surface area contributed by atoms with Crippen molar-refractivity contribution in [2.24, 2.45) is 5.73 Å². The predicted molar refractivity (Wildman–Crippen MR) is 52.2 cm³/mol. The SMILES string of the molecule is CCC1(F)OC(C(F)(F)F)(C(F)(F)F)CC1(F)C(C)N. The van der Waals surface area contributed by atoms with Gasteiger partial charge in [-0.05, 0) is 6.92 Å². The third-order valence-corrected chi connectivity index (χ3v) is 3.56. The second-order valence-corrected chi connectivity index (χ2v) is 4.83. The lowest BCUT2D eigenvalue weighted by atomic mass is 9.82. The molecular formula is C10H13F8NO. The van der Waals surface area contributed by atoms with E-state index in [4.69, 9.17) is 5.73 Å². The van der Waals surface area contributed by atoms with Gasteiger partial charge in [0, 0.05) is 18.9 Å². The molecule has 10 heteroatoms. The highest BCUT2D eigenvalue weighted by Gasteiger charge is 2.84. The first-order chi connectivity index (χ1) is 8.67. The summed E-state index contributed by atoms with van der Waals surface area (Å²) >= 11 is 0. The molecule has 2 nitrogen and oxygen atoms in total. The van der Waals surface area contributed by atoms with E-state index in [0.29, 0.717) is 0 Å². The maximum absolute atomic E-state index is 14.4. The van der Waals surface area contributed by atoms with Crippen LogP contribution in [0.5, 0.6) is 0 Å². The molecule has 120 valence electrons. The summed E-state index contributed by atoms with van der Waals surface area (Å²) in [6.07, 6.45) is -15.4. The van der Waals surface area contributed by atoms with Gasteiger partial charge in [-0.1, -0.05) is 6.92 Å². The monoisotopic (exact) mass is 315 g/mol. The van der Waals surface area contributed by atoms with Crippen LogP contribution in [-0.2, 0) is 4.74 Å². The van der Waals surface area contributed by atoms with Crippen molar-refractivity contribution in [2.45, 2.75) is 62.2 Å². The zero-order valence-corrected chi connectivity index (χ0v) is 10.5. The molecule has 3 unspecified atom stereocenters.